The Bertz CT molecular complexity index is 1600. The Balaban J connectivity index is 1.40. The average molecular weight is 500 g/mol. The van der Waals surface area contributed by atoms with E-state index in [4.69, 9.17) is 9.72 Å². The molecule has 5 rings (SSSR count). The second-order valence-corrected chi connectivity index (χ2v) is 9.13. The molecule has 1 amide bonds. The molecule has 0 fully saturated rings. The van der Waals surface area contributed by atoms with E-state index in [2.05, 4.69) is 5.32 Å². The van der Waals surface area contributed by atoms with Crippen molar-refractivity contribution in [3.63, 3.8) is 0 Å². The summed E-state index contributed by atoms with van der Waals surface area (Å²) in [6, 6.07) is 24.9. The number of nitrogens with one attached hydrogen (secondary N) is 1. The van der Waals surface area contributed by atoms with E-state index in [9.17, 15) is 9.59 Å². The lowest BCUT2D eigenvalue weighted by atomic mass is 10.2. The van der Waals surface area contributed by atoms with Gasteiger partial charge in [0.25, 0.3) is 5.56 Å². The number of nitrogens with zero attached hydrogens (tertiary/aromatic N) is 4. The molecule has 2 heterocycles. The van der Waals surface area contributed by atoms with Crippen molar-refractivity contribution in [3.8, 4) is 17.1 Å². The highest BCUT2D eigenvalue weighted by Crippen LogP contribution is 2.29. The molecule has 0 aliphatic carbocycles. The third-order valence-electron chi connectivity index (χ3n) is 6.01. The summed E-state index contributed by atoms with van der Waals surface area (Å²) in [6.45, 7) is 1.81. The van der Waals surface area contributed by atoms with Crippen molar-refractivity contribution in [1.82, 2.24) is 18.9 Å². The van der Waals surface area contributed by atoms with Crippen LogP contribution in [0.25, 0.3) is 22.4 Å². The van der Waals surface area contributed by atoms with Crippen molar-refractivity contribution in [2.75, 3.05) is 18.2 Å². The molecule has 0 spiro atoms. The number of fused-ring (bicyclic) bond motifs is 1. The molecule has 0 bridgehead atoms. The fraction of sp³-hybridized carbons (Fsp3) is 0.148. The number of methoxy groups -OCH3 is 1. The number of thioether (sulfide) groups is 1. The number of carbonyl (C=O) groups is 1. The zero-order chi connectivity index (χ0) is 25.2. The van der Waals surface area contributed by atoms with Crippen molar-refractivity contribution >= 4 is 34.4 Å². The average Bonchev–Trinajstić information content (AvgIpc) is 3.38. The molecular weight excluding hydrogens is 474 g/mol. The molecule has 0 radical (unpaired) electrons. The highest BCUT2D eigenvalue weighted by molar-refractivity contribution is 7.99. The van der Waals surface area contributed by atoms with E-state index < -0.39 is 0 Å². The number of ether oxygens (including phenoxy) is 1. The maximum Gasteiger partial charge on any atom is 0.295 e. The molecule has 2 aromatic heterocycles. The Morgan fingerprint density at radius 3 is 2.39 bits per heavy atom. The van der Waals surface area contributed by atoms with Gasteiger partial charge in [-0.05, 0) is 55.5 Å². The minimum atomic E-state index is -0.278. The molecule has 182 valence electrons. The SMILES string of the molecule is COc1ccc(-n2c(SCC(=O)Nc3c(C)n(C)n(-c4ccccc4)c3=O)nc3ccccc32)cc1. The summed E-state index contributed by atoms with van der Waals surface area (Å²) >= 11 is 1.32. The Morgan fingerprint density at radius 1 is 0.972 bits per heavy atom. The Morgan fingerprint density at radius 2 is 1.67 bits per heavy atom. The number of imidazole rings is 1. The molecule has 36 heavy (non-hydrogen) atoms. The summed E-state index contributed by atoms with van der Waals surface area (Å²) in [5.41, 5.74) is 4.10. The fourth-order valence-corrected chi connectivity index (χ4v) is 4.93. The molecule has 3 aromatic carbocycles. The predicted molar refractivity (Wildman–Crippen MR) is 143 cm³/mol. The maximum absolute atomic E-state index is 13.1. The fourth-order valence-electron chi connectivity index (χ4n) is 4.10. The summed E-state index contributed by atoms with van der Waals surface area (Å²) in [5.74, 6) is 0.578. The van der Waals surface area contributed by atoms with E-state index in [0.29, 0.717) is 10.9 Å². The molecule has 1 N–H and O–H groups in total. The number of carbonyl (C=O) groups excluding carboxylic acids is 1. The lowest BCUT2D eigenvalue weighted by Gasteiger charge is -2.10. The quantitative estimate of drug-likeness (QED) is 0.332. The molecule has 0 aliphatic heterocycles. The van der Waals surface area contributed by atoms with Crippen LogP contribution in [0, 0.1) is 6.92 Å². The lowest BCUT2D eigenvalue weighted by Crippen LogP contribution is -2.23. The highest BCUT2D eigenvalue weighted by atomic mass is 32.2. The van der Waals surface area contributed by atoms with Gasteiger partial charge in [-0.25, -0.2) is 9.67 Å². The van der Waals surface area contributed by atoms with Crippen LogP contribution in [0.2, 0.25) is 0 Å². The van der Waals surface area contributed by atoms with Gasteiger partial charge in [0.2, 0.25) is 5.91 Å². The first-order valence-electron chi connectivity index (χ1n) is 11.4. The molecular formula is C27H25N5O3S. The van der Waals surface area contributed by atoms with Gasteiger partial charge in [0.1, 0.15) is 11.4 Å². The van der Waals surface area contributed by atoms with Gasteiger partial charge in [0.05, 0.1) is 35.3 Å². The summed E-state index contributed by atoms with van der Waals surface area (Å²) in [4.78, 5) is 30.8. The third kappa shape index (κ3) is 4.29. The number of hydrogen-bond acceptors (Lipinski definition) is 5. The molecule has 0 atom stereocenters. The molecule has 9 heteroatoms. The molecule has 0 saturated heterocycles. The van der Waals surface area contributed by atoms with Crippen LogP contribution in [0.4, 0.5) is 5.69 Å². The maximum atomic E-state index is 13.1. The normalized spacial score (nSPS) is 11.1. The van der Waals surface area contributed by atoms with Gasteiger partial charge in [0.15, 0.2) is 5.16 Å². The standard InChI is InChI=1S/C27H25N5O3S/c1-18-25(26(34)32(30(18)2)20-9-5-4-6-10-20)29-24(33)17-36-27-28-22-11-7-8-12-23(22)31(27)19-13-15-21(35-3)16-14-19/h4-16H,17H2,1-3H3,(H,29,33). The van der Waals surface area contributed by atoms with E-state index in [-0.39, 0.29) is 22.9 Å². The number of para-hydroxylation sites is 3. The Kier molecular flexibility index (Phi) is 6.39. The zero-order valence-electron chi connectivity index (χ0n) is 20.1. The van der Waals surface area contributed by atoms with Crippen molar-refractivity contribution in [3.05, 3.63) is 94.9 Å². The van der Waals surface area contributed by atoms with Crippen LogP contribution in [0.3, 0.4) is 0 Å². The summed E-state index contributed by atoms with van der Waals surface area (Å²) in [5, 5.41) is 3.50. The van der Waals surface area contributed by atoms with Crippen LogP contribution >= 0.6 is 11.8 Å². The van der Waals surface area contributed by atoms with Crippen LogP contribution in [0.5, 0.6) is 5.75 Å². The first kappa shape index (κ1) is 23.5. The Hall–Kier alpha value is -4.24. The van der Waals surface area contributed by atoms with Gasteiger partial charge in [-0.3, -0.25) is 18.8 Å². The predicted octanol–water partition coefficient (Wildman–Crippen LogP) is 4.56. The van der Waals surface area contributed by atoms with E-state index >= 15 is 0 Å². The topological polar surface area (TPSA) is 83.1 Å². The lowest BCUT2D eigenvalue weighted by molar-refractivity contribution is -0.113. The van der Waals surface area contributed by atoms with Crippen molar-refractivity contribution in [2.24, 2.45) is 7.05 Å². The van der Waals surface area contributed by atoms with Gasteiger partial charge in [-0.15, -0.1) is 0 Å². The number of amides is 1. The van der Waals surface area contributed by atoms with Crippen LogP contribution in [0.1, 0.15) is 5.69 Å². The number of aromatic nitrogens is 4. The largest absolute Gasteiger partial charge is 0.497 e. The molecule has 5 aromatic rings. The van der Waals surface area contributed by atoms with Crippen LogP contribution in [-0.2, 0) is 11.8 Å². The van der Waals surface area contributed by atoms with Crippen LogP contribution in [0.15, 0.2) is 88.8 Å². The number of rotatable bonds is 7. The van der Waals surface area contributed by atoms with E-state index in [1.54, 1.807) is 23.5 Å². The first-order chi connectivity index (χ1) is 17.5. The number of anilines is 1. The second-order valence-electron chi connectivity index (χ2n) is 8.19. The second kappa shape index (κ2) is 9.79. The van der Waals surface area contributed by atoms with Crippen LogP contribution in [-0.4, -0.2) is 37.7 Å². The smallest absolute Gasteiger partial charge is 0.295 e. The van der Waals surface area contributed by atoms with Gasteiger partial charge < -0.3 is 10.1 Å². The first-order valence-corrected chi connectivity index (χ1v) is 12.3. The van der Waals surface area contributed by atoms with Crippen LogP contribution < -0.4 is 15.6 Å². The van der Waals surface area contributed by atoms with Crippen molar-refractivity contribution < 1.29 is 9.53 Å². The van der Waals surface area contributed by atoms with Gasteiger partial charge in [-0.1, -0.05) is 42.1 Å². The van der Waals surface area contributed by atoms with Gasteiger partial charge >= 0.3 is 0 Å². The van der Waals surface area contributed by atoms with E-state index in [1.165, 1.54) is 11.8 Å². The molecule has 0 aliphatic rings. The minimum Gasteiger partial charge on any atom is -0.497 e. The third-order valence-corrected chi connectivity index (χ3v) is 6.95. The summed E-state index contributed by atoms with van der Waals surface area (Å²) in [7, 11) is 3.43. The molecule has 8 nitrogen and oxygen atoms in total. The monoisotopic (exact) mass is 499 g/mol. The summed E-state index contributed by atoms with van der Waals surface area (Å²) < 4.78 is 10.6. The summed E-state index contributed by atoms with van der Waals surface area (Å²) in [6.07, 6.45) is 0. The van der Waals surface area contributed by atoms with Crippen molar-refractivity contribution in [1.29, 1.82) is 0 Å². The zero-order valence-corrected chi connectivity index (χ0v) is 21.0. The number of benzene rings is 3. The number of hydrogen-bond donors (Lipinski definition) is 1. The highest BCUT2D eigenvalue weighted by Gasteiger charge is 2.19. The van der Waals surface area contributed by atoms with Gasteiger partial charge in [0, 0.05) is 12.7 Å². The molecule has 0 unspecified atom stereocenters. The minimum absolute atomic E-state index is 0.0958. The van der Waals surface area contributed by atoms with Crippen molar-refractivity contribution in [2.45, 2.75) is 12.1 Å². The van der Waals surface area contributed by atoms with E-state index in [1.807, 2.05) is 90.4 Å². The molecule has 0 saturated carbocycles. The van der Waals surface area contributed by atoms with Gasteiger partial charge in [-0.2, -0.15) is 0 Å². The Labute approximate surface area is 212 Å². The van der Waals surface area contributed by atoms with E-state index in [0.717, 1.165) is 28.2 Å².